The number of rotatable bonds is 6. The van der Waals surface area contributed by atoms with Gasteiger partial charge in [-0.15, -0.1) is 0 Å². The Morgan fingerprint density at radius 2 is 2.30 bits per heavy atom. The van der Waals surface area contributed by atoms with E-state index in [1.165, 1.54) is 18.2 Å². The Labute approximate surface area is 132 Å². The summed E-state index contributed by atoms with van der Waals surface area (Å²) in [6.45, 7) is 1.02. The van der Waals surface area contributed by atoms with Crippen molar-refractivity contribution in [2.75, 3.05) is 18.5 Å². The quantitative estimate of drug-likeness (QED) is 0.357. The van der Waals surface area contributed by atoms with Crippen molar-refractivity contribution in [3.05, 3.63) is 46.2 Å². The summed E-state index contributed by atoms with van der Waals surface area (Å²) in [7, 11) is 0. The zero-order chi connectivity index (χ0) is 16.7. The number of amides is 1. The minimum Gasteiger partial charge on any atom is -0.376 e. The van der Waals surface area contributed by atoms with Crippen LogP contribution in [-0.4, -0.2) is 30.1 Å². The molecule has 120 valence electrons. The number of nitro groups is 1. The molecule has 1 unspecified atom stereocenters. The molecule has 1 atom stereocenters. The van der Waals surface area contributed by atoms with E-state index in [9.17, 15) is 14.9 Å². The van der Waals surface area contributed by atoms with Crippen molar-refractivity contribution in [1.29, 1.82) is 5.26 Å². The summed E-state index contributed by atoms with van der Waals surface area (Å²) in [5, 5.41) is 25.2. The van der Waals surface area contributed by atoms with E-state index in [1.807, 2.05) is 0 Å². The number of hydrogen-bond acceptors (Lipinski definition) is 6. The summed E-state index contributed by atoms with van der Waals surface area (Å²) in [6.07, 6.45) is 2.97. The molecule has 0 aromatic heterocycles. The fraction of sp³-hybridized carbons (Fsp3) is 0.333. The summed E-state index contributed by atoms with van der Waals surface area (Å²) in [5.74, 6) is -0.547. The molecule has 0 saturated carbocycles. The van der Waals surface area contributed by atoms with E-state index in [1.54, 1.807) is 12.1 Å². The largest absolute Gasteiger partial charge is 0.376 e. The second-order valence-electron chi connectivity index (χ2n) is 4.93. The van der Waals surface area contributed by atoms with Gasteiger partial charge in [0.15, 0.2) is 0 Å². The highest BCUT2D eigenvalue weighted by Crippen LogP contribution is 2.23. The second kappa shape index (κ2) is 7.91. The van der Waals surface area contributed by atoms with E-state index in [0.29, 0.717) is 13.2 Å². The molecule has 1 heterocycles. The molecule has 0 radical (unpaired) electrons. The molecule has 1 aliphatic rings. The van der Waals surface area contributed by atoms with Crippen LogP contribution < -0.4 is 10.6 Å². The maximum Gasteiger partial charge on any atom is 0.292 e. The van der Waals surface area contributed by atoms with Gasteiger partial charge in [-0.2, -0.15) is 5.26 Å². The predicted molar refractivity (Wildman–Crippen MR) is 82.4 cm³/mol. The van der Waals surface area contributed by atoms with Crippen LogP contribution in [0.3, 0.4) is 0 Å². The summed E-state index contributed by atoms with van der Waals surface area (Å²) in [6, 6.07) is 7.75. The maximum atomic E-state index is 11.9. The third-order valence-electron chi connectivity index (χ3n) is 3.35. The third kappa shape index (κ3) is 4.52. The first kappa shape index (κ1) is 16.5. The van der Waals surface area contributed by atoms with E-state index < -0.39 is 10.8 Å². The van der Waals surface area contributed by atoms with Gasteiger partial charge in [-0.05, 0) is 18.9 Å². The van der Waals surface area contributed by atoms with Gasteiger partial charge < -0.3 is 15.4 Å². The number of benzene rings is 1. The molecule has 1 fully saturated rings. The Morgan fingerprint density at radius 3 is 2.96 bits per heavy atom. The topological polar surface area (TPSA) is 117 Å². The molecule has 8 heteroatoms. The normalized spacial score (nSPS) is 17.3. The SMILES string of the molecule is N#C/C(=C/Nc1ccccc1[N+](=O)[O-])C(=O)NCC1CCCO1. The van der Waals surface area contributed by atoms with Gasteiger partial charge >= 0.3 is 0 Å². The van der Waals surface area contributed by atoms with Crippen molar-refractivity contribution in [3.8, 4) is 6.07 Å². The average Bonchev–Trinajstić information content (AvgIpc) is 3.07. The molecule has 23 heavy (non-hydrogen) atoms. The number of nitrogens with zero attached hydrogens (tertiary/aromatic N) is 2. The second-order valence-corrected chi connectivity index (χ2v) is 4.93. The van der Waals surface area contributed by atoms with Crippen LogP contribution in [0.25, 0.3) is 0 Å². The number of para-hydroxylation sites is 2. The lowest BCUT2D eigenvalue weighted by Gasteiger charge is -2.10. The Balaban J connectivity index is 2.00. The zero-order valence-electron chi connectivity index (χ0n) is 12.3. The van der Waals surface area contributed by atoms with E-state index >= 15 is 0 Å². The summed E-state index contributed by atoms with van der Waals surface area (Å²) >= 11 is 0. The highest BCUT2D eigenvalue weighted by Gasteiger charge is 2.18. The van der Waals surface area contributed by atoms with Crippen molar-refractivity contribution in [3.63, 3.8) is 0 Å². The van der Waals surface area contributed by atoms with Gasteiger partial charge in [-0.3, -0.25) is 14.9 Å². The number of nitrogens with one attached hydrogen (secondary N) is 2. The molecular formula is C15H16N4O4. The first-order valence-electron chi connectivity index (χ1n) is 7.12. The third-order valence-corrected chi connectivity index (χ3v) is 3.35. The molecule has 1 aliphatic heterocycles. The van der Waals surface area contributed by atoms with Gasteiger partial charge in [0.25, 0.3) is 11.6 Å². The number of carbonyl (C=O) groups excluding carboxylic acids is 1. The number of nitro benzene ring substituents is 1. The minimum absolute atomic E-state index is 0.0259. The van der Waals surface area contributed by atoms with Crippen LogP contribution in [0.15, 0.2) is 36.0 Å². The first-order chi connectivity index (χ1) is 11.1. The summed E-state index contributed by atoms with van der Waals surface area (Å²) in [5.41, 5.74) is -0.0980. The van der Waals surface area contributed by atoms with Crippen molar-refractivity contribution >= 4 is 17.3 Å². The molecule has 0 bridgehead atoms. The highest BCUT2D eigenvalue weighted by molar-refractivity contribution is 5.97. The highest BCUT2D eigenvalue weighted by atomic mass is 16.6. The Bertz CT molecular complexity index is 660. The Kier molecular flexibility index (Phi) is 5.66. The van der Waals surface area contributed by atoms with Crippen LogP contribution in [0, 0.1) is 21.4 Å². The average molecular weight is 316 g/mol. The monoisotopic (exact) mass is 316 g/mol. The number of ether oxygens (including phenoxy) is 1. The number of hydrogen-bond donors (Lipinski definition) is 2. The fourth-order valence-electron chi connectivity index (χ4n) is 2.16. The Morgan fingerprint density at radius 1 is 1.52 bits per heavy atom. The van der Waals surface area contributed by atoms with Crippen LogP contribution in [-0.2, 0) is 9.53 Å². The summed E-state index contributed by atoms with van der Waals surface area (Å²) in [4.78, 5) is 22.3. The van der Waals surface area contributed by atoms with Gasteiger partial charge in [0.1, 0.15) is 17.3 Å². The van der Waals surface area contributed by atoms with Gasteiger partial charge in [0.2, 0.25) is 0 Å². The number of nitriles is 1. The van der Waals surface area contributed by atoms with Crippen molar-refractivity contribution in [2.24, 2.45) is 0 Å². The van der Waals surface area contributed by atoms with Crippen LogP contribution in [0.5, 0.6) is 0 Å². The molecular weight excluding hydrogens is 300 g/mol. The van der Waals surface area contributed by atoms with E-state index in [-0.39, 0.29) is 23.1 Å². The van der Waals surface area contributed by atoms with Gasteiger partial charge in [0, 0.05) is 25.4 Å². The van der Waals surface area contributed by atoms with Crippen LogP contribution in [0.4, 0.5) is 11.4 Å². The van der Waals surface area contributed by atoms with E-state index in [2.05, 4.69) is 10.6 Å². The van der Waals surface area contributed by atoms with Gasteiger partial charge in [-0.25, -0.2) is 0 Å². The number of carbonyl (C=O) groups is 1. The lowest BCUT2D eigenvalue weighted by Crippen LogP contribution is -2.32. The minimum atomic E-state index is -0.547. The van der Waals surface area contributed by atoms with Crippen molar-refractivity contribution < 1.29 is 14.5 Å². The molecule has 1 saturated heterocycles. The number of anilines is 1. The maximum absolute atomic E-state index is 11.9. The Hall–Kier alpha value is -2.92. The van der Waals surface area contributed by atoms with Crippen LogP contribution in [0.1, 0.15) is 12.8 Å². The van der Waals surface area contributed by atoms with Crippen molar-refractivity contribution in [2.45, 2.75) is 18.9 Å². The molecule has 1 amide bonds. The molecule has 0 aliphatic carbocycles. The van der Waals surface area contributed by atoms with Gasteiger partial charge in [-0.1, -0.05) is 12.1 Å². The lowest BCUT2D eigenvalue weighted by molar-refractivity contribution is -0.383. The predicted octanol–water partition coefficient (Wildman–Crippen LogP) is 1.71. The van der Waals surface area contributed by atoms with Crippen molar-refractivity contribution in [1.82, 2.24) is 5.32 Å². The lowest BCUT2D eigenvalue weighted by atomic mass is 10.2. The van der Waals surface area contributed by atoms with Crippen LogP contribution in [0.2, 0.25) is 0 Å². The molecule has 1 aromatic rings. The van der Waals surface area contributed by atoms with Crippen LogP contribution >= 0.6 is 0 Å². The molecule has 0 spiro atoms. The standard InChI is InChI=1S/C15H16N4O4/c16-8-11(15(20)18-10-12-4-3-7-23-12)9-17-13-5-1-2-6-14(13)19(21)22/h1-2,5-6,9,12,17H,3-4,7,10H2,(H,18,20)/b11-9-. The molecule has 1 aromatic carbocycles. The first-order valence-corrected chi connectivity index (χ1v) is 7.12. The zero-order valence-corrected chi connectivity index (χ0v) is 12.3. The molecule has 2 N–H and O–H groups in total. The summed E-state index contributed by atoms with van der Waals surface area (Å²) < 4.78 is 5.38. The van der Waals surface area contributed by atoms with E-state index in [0.717, 1.165) is 19.0 Å². The smallest absolute Gasteiger partial charge is 0.292 e. The van der Waals surface area contributed by atoms with Gasteiger partial charge in [0.05, 0.1) is 11.0 Å². The van der Waals surface area contributed by atoms with E-state index in [4.69, 9.17) is 10.00 Å². The molecule has 2 rings (SSSR count). The molecule has 8 nitrogen and oxygen atoms in total. The fourth-order valence-corrected chi connectivity index (χ4v) is 2.16.